The highest BCUT2D eigenvalue weighted by atomic mass is 14.8. The van der Waals surface area contributed by atoms with Gasteiger partial charge < -0.3 is 0 Å². The highest BCUT2D eigenvalue weighted by Gasteiger charge is 2.24. The van der Waals surface area contributed by atoms with E-state index in [4.69, 9.17) is 0 Å². The Kier molecular flexibility index (Phi) is 1.59. The molecule has 0 N–H and O–H groups in total. The lowest BCUT2D eigenvalue weighted by molar-refractivity contribution is 0.842. The van der Waals surface area contributed by atoms with Crippen molar-refractivity contribution >= 4 is 5.71 Å². The first-order valence-electron chi connectivity index (χ1n) is 4.54. The molecular weight excluding hydrogens is 134 g/mol. The highest BCUT2D eigenvalue weighted by Crippen LogP contribution is 2.33. The van der Waals surface area contributed by atoms with Crippen LogP contribution in [0.25, 0.3) is 0 Å². The van der Waals surface area contributed by atoms with Gasteiger partial charge in [-0.1, -0.05) is 13.8 Å². The topological polar surface area (TPSA) is 12.4 Å². The van der Waals surface area contributed by atoms with Crippen LogP contribution in [0, 0.1) is 5.92 Å². The van der Waals surface area contributed by atoms with Crippen molar-refractivity contribution in [2.45, 2.75) is 33.1 Å². The summed E-state index contributed by atoms with van der Waals surface area (Å²) in [4.78, 5) is 4.56. The van der Waals surface area contributed by atoms with Crippen LogP contribution in [0.5, 0.6) is 0 Å². The molecule has 0 aromatic rings. The molecule has 1 aliphatic heterocycles. The second-order valence-corrected chi connectivity index (χ2v) is 3.79. The second-order valence-electron chi connectivity index (χ2n) is 3.79. The molecule has 2 rings (SSSR count). The van der Waals surface area contributed by atoms with E-state index in [1.165, 1.54) is 25.0 Å². The maximum Gasteiger partial charge on any atom is 0.0609 e. The van der Waals surface area contributed by atoms with Crippen LogP contribution in [0.2, 0.25) is 0 Å². The number of rotatable bonds is 1. The average Bonchev–Trinajstić information content (AvgIpc) is 2.41. The Morgan fingerprint density at radius 1 is 1.27 bits per heavy atom. The van der Waals surface area contributed by atoms with Crippen molar-refractivity contribution in [1.29, 1.82) is 0 Å². The van der Waals surface area contributed by atoms with Gasteiger partial charge in [-0.05, 0) is 36.3 Å². The molecule has 0 aromatic heterocycles. The standard InChI is InChI=1S/C10H15N/c1-7(2)10-9-5-3-4-8(9)6-11-10/h7H,3-6H2,1-2H3. The number of allylic oxidation sites excluding steroid dienone is 1. The average molecular weight is 149 g/mol. The number of nitrogens with zero attached hydrogens (tertiary/aromatic N) is 1. The molecular formula is C10H15N. The van der Waals surface area contributed by atoms with E-state index >= 15 is 0 Å². The van der Waals surface area contributed by atoms with Gasteiger partial charge in [0.1, 0.15) is 0 Å². The van der Waals surface area contributed by atoms with Crippen molar-refractivity contribution in [3.8, 4) is 0 Å². The molecule has 0 bridgehead atoms. The zero-order valence-electron chi connectivity index (χ0n) is 7.35. The third-order valence-electron chi connectivity index (χ3n) is 2.63. The van der Waals surface area contributed by atoms with Gasteiger partial charge >= 0.3 is 0 Å². The summed E-state index contributed by atoms with van der Waals surface area (Å²) in [7, 11) is 0. The van der Waals surface area contributed by atoms with Gasteiger partial charge in [-0.2, -0.15) is 0 Å². The maximum atomic E-state index is 4.56. The Hall–Kier alpha value is -0.590. The number of aliphatic imine (C=N–C) groups is 1. The molecule has 60 valence electrons. The van der Waals surface area contributed by atoms with Gasteiger partial charge in [0.15, 0.2) is 0 Å². The Morgan fingerprint density at radius 3 is 2.82 bits per heavy atom. The highest BCUT2D eigenvalue weighted by molar-refractivity contribution is 6.04. The molecule has 0 amide bonds. The van der Waals surface area contributed by atoms with Gasteiger partial charge in [-0.3, -0.25) is 4.99 Å². The summed E-state index contributed by atoms with van der Waals surface area (Å²) in [6, 6.07) is 0. The van der Waals surface area contributed by atoms with E-state index < -0.39 is 0 Å². The minimum atomic E-state index is 0.639. The normalized spacial score (nSPS) is 23.0. The molecule has 0 saturated heterocycles. The van der Waals surface area contributed by atoms with Crippen molar-refractivity contribution in [3.05, 3.63) is 11.1 Å². The van der Waals surface area contributed by atoms with E-state index in [0.29, 0.717) is 5.92 Å². The van der Waals surface area contributed by atoms with Gasteiger partial charge in [0, 0.05) is 5.71 Å². The molecule has 1 heterocycles. The van der Waals surface area contributed by atoms with Gasteiger partial charge in [0.25, 0.3) is 0 Å². The summed E-state index contributed by atoms with van der Waals surface area (Å²) >= 11 is 0. The first-order chi connectivity index (χ1) is 5.29. The van der Waals surface area contributed by atoms with Gasteiger partial charge in [-0.15, -0.1) is 0 Å². The van der Waals surface area contributed by atoms with E-state index in [-0.39, 0.29) is 0 Å². The molecule has 11 heavy (non-hydrogen) atoms. The lowest BCUT2D eigenvalue weighted by atomic mass is 9.99. The molecule has 0 unspecified atom stereocenters. The minimum absolute atomic E-state index is 0.639. The summed E-state index contributed by atoms with van der Waals surface area (Å²) in [6.45, 7) is 5.50. The van der Waals surface area contributed by atoms with E-state index in [9.17, 15) is 0 Å². The quantitative estimate of drug-likeness (QED) is 0.543. The molecule has 1 nitrogen and oxygen atoms in total. The lowest BCUT2D eigenvalue weighted by Gasteiger charge is -2.06. The Morgan fingerprint density at radius 2 is 2.09 bits per heavy atom. The minimum Gasteiger partial charge on any atom is -0.285 e. The molecule has 0 saturated carbocycles. The fourth-order valence-corrected chi connectivity index (χ4v) is 2.10. The van der Waals surface area contributed by atoms with Crippen molar-refractivity contribution in [3.63, 3.8) is 0 Å². The second kappa shape index (κ2) is 2.47. The van der Waals surface area contributed by atoms with Crippen molar-refractivity contribution in [1.82, 2.24) is 0 Å². The fraction of sp³-hybridized carbons (Fsp3) is 0.700. The molecule has 2 aliphatic rings. The third kappa shape index (κ3) is 1.03. The first kappa shape index (κ1) is 7.08. The van der Waals surface area contributed by atoms with Crippen LogP contribution < -0.4 is 0 Å². The van der Waals surface area contributed by atoms with Crippen molar-refractivity contribution in [2.24, 2.45) is 10.9 Å². The van der Waals surface area contributed by atoms with Crippen LogP contribution in [0.15, 0.2) is 16.1 Å². The van der Waals surface area contributed by atoms with Crippen LogP contribution >= 0.6 is 0 Å². The van der Waals surface area contributed by atoms with Crippen LogP contribution in [0.3, 0.4) is 0 Å². The van der Waals surface area contributed by atoms with Gasteiger partial charge in [0.05, 0.1) is 6.54 Å². The molecule has 0 aromatic carbocycles. The van der Waals surface area contributed by atoms with Crippen LogP contribution in [-0.2, 0) is 0 Å². The van der Waals surface area contributed by atoms with Crippen LogP contribution in [0.4, 0.5) is 0 Å². The Labute approximate surface area is 68.2 Å². The smallest absolute Gasteiger partial charge is 0.0609 e. The molecule has 1 heteroatoms. The maximum absolute atomic E-state index is 4.56. The monoisotopic (exact) mass is 149 g/mol. The summed E-state index contributed by atoms with van der Waals surface area (Å²) in [5.41, 5.74) is 4.64. The molecule has 0 atom stereocenters. The van der Waals surface area contributed by atoms with Gasteiger partial charge in [0.2, 0.25) is 0 Å². The Balaban J connectivity index is 2.25. The largest absolute Gasteiger partial charge is 0.285 e. The van der Waals surface area contributed by atoms with Crippen LogP contribution in [-0.4, -0.2) is 12.3 Å². The fourth-order valence-electron chi connectivity index (χ4n) is 2.10. The predicted molar refractivity (Wildman–Crippen MR) is 48.0 cm³/mol. The van der Waals surface area contributed by atoms with E-state index in [2.05, 4.69) is 18.8 Å². The molecule has 0 fully saturated rings. The van der Waals surface area contributed by atoms with E-state index in [0.717, 1.165) is 6.54 Å². The van der Waals surface area contributed by atoms with Crippen molar-refractivity contribution in [2.75, 3.05) is 6.54 Å². The molecule has 0 radical (unpaired) electrons. The summed E-state index contributed by atoms with van der Waals surface area (Å²) in [5.74, 6) is 0.639. The van der Waals surface area contributed by atoms with E-state index in [1.54, 1.807) is 11.1 Å². The third-order valence-corrected chi connectivity index (χ3v) is 2.63. The number of hydrogen-bond acceptors (Lipinski definition) is 1. The predicted octanol–water partition coefficient (Wildman–Crippen LogP) is 2.58. The van der Waals surface area contributed by atoms with Crippen LogP contribution in [0.1, 0.15) is 33.1 Å². The summed E-state index contributed by atoms with van der Waals surface area (Å²) in [6.07, 6.45) is 3.98. The van der Waals surface area contributed by atoms with Crippen molar-refractivity contribution < 1.29 is 0 Å². The zero-order valence-corrected chi connectivity index (χ0v) is 7.35. The summed E-state index contributed by atoms with van der Waals surface area (Å²) in [5, 5.41) is 0. The first-order valence-corrected chi connectivity index (χ1v) is 4.54. The SMILES string of the molecule is CC(C)C1=NCC2=C1CCC2. The molecule has 1 aliphatic carbocycles. The zero-order chi connectivity index (χ0) is 7.84. The summed E-state index contributed by atoms with van der Waals surface area (Å²) < 4.78 is 0. The van der Waals surface area contributed by atoms with Gasteiger partial charge in [-0.25, -0.2) is 0 Å². The molecule has 0 spiro atoms. The lowest BCUT2D eigenvalue weighted by Crippen LogP contribution is -2.07. The van der Waals surface area contributed by atoms with E-state index in [1.807, 2.05) is 0 Å². The number of hydrogen-bond donors (Lipinski definition) is 0. The Bertz CT molecular complexity index is 233.